The summed E-state index contributed by atoms with van der Waals surface area (Å²) in [5, 5.41) is 2.87. The van der Waals surface area contributed by atoms with Crippen LogP contribution in [0.2, 0.25) is 0 Å². The molecule has 0 spiro atoms. The summed E-state index contributed by atoms with van der Waals surface area (Å²) in [5.74, 6) is 0.724. The summed E-state index contributed by atoms with van der Waals surface area (Å²) in [4.78, 5) is 11.2. The van der Waals surface area contributed by atoms with E-state index in [1.54, 1.807) is 14.0 Å². The molecule has 1 fully saturated rings. The first-order chi connectivity index (χ1) is 5.74. The minimum Gasteiger partial charge on any atom is -0.372 e. The molecular weight excluding hydrogens is 154 g/mol. The van der Waals surface area contributed by atoms with E-state index in [0.29, 0.717) is 0 Å². The number of carbonyl (C=O) groups excluding carboxylic acids is 1. The van der Waals surface area contributed by atoms with Crippen LogP contribution in [0.1, 0.15) is 26.2 Å². The highest BCUT2D eigenvalue weighted by atomic mass is 16.5. The first kappa shape index (κ1) is 9.52. The van der Waals surface area contributed by atoms with E-state index in [-0.39, 0.29) is 12.0 Å². The lowest BCUT2D eigenvalue weighted by atomic mass is 9.85. The molecule has 0 aliphatic heterocycles. The Hall–Kier alpha value is -0.570. The lowest BCUT2D eigenvalue weighted by molar-refractivity contribution is -0.130. The predicted molar refractivity (Wildman–Crippen MR) is 46.8 cm³/mol. The normalized spacial score (nSPS) is 19.8. The van der Waals surface area contributed by atoms with Crippen molar-refractivity contribution in [2.45, 2.75) is 32.3 Å². The standard InChI is InChI=1S/C9H17NO2/c1-7(12-2)9(11)10-6-8-4-3-5-8/h7-8H,3-6H2,1-2H3,(H,10,11). The van der Waals surface area contributed by atoms with Gasteiger partial charge in [0.1, 0.15) is 6.10 Å². The van der Waals surface area contributed by atoms with E-state index in [4.69, 9.17) is 4.74 Å². The monoisotopic (exact) mass is 171 g/mol. The fraction of sp³-hybridized carbons (Fsp3) is 0.889. The van der Waals surface area contributed by atoms with Gasteiger partial charge in [-0.05, 0) is 25.7 Å². The van der Waals surface area contributed by atoms with Crippen molar-refractivity contribution < 1.29 is 9.53 Å². The van der Waals surface area contributed by atoms with Crippen molar-refractivity contribution in [1.82, 2.24) is 5.32 Å². The summed E-state index contributed by atoms with van der Waals surface area (Å²) >= 11 is 0. The van der Waals surface area contributed by atoms with E-state index in [1.165, 1.54) is 19.3 Å². The summed E-state index contributed by atoms with van der Waals surface area (Å²) in [6.45, 7) is 2.59. The third-order valence-electron chi connectivity index (χ3n) is 2.51. The number of rotatable bonds is 4. The van der Waals surface area contributed by atoms with Crippen LogP contribution in [0.3, 0.4) is 0 Å². The Morgan fingerprint density at radius 3 is 2.75 bits per heavy atom. The van der Waals surface area contributed by atoms with Gasteiger partial charge < -0.3 is 10.1 Å². The van der Waals surface area contributed by atoms with Crippen molar-refractivity contribution in [2.24, 2.45) is 5.92 Å². The van der Waals surface area contributed by atoms with Crippen LogP contribution in [-0.2, 0) is 9.53 Å². The zero-order valence-corrected chi connectivity index (χ0v) is 7.80. The summed E-state index contributed by atoms with van der Waals surface area (Å²) in [6, 6.07) is 0. The van der Waals surface area contributed by atoms with Crippen molar-refractivity contribution in [1.29, 1.82) is 0 Å². The second-order valence-electron chi connectivity index (χ2n) is 3.42. The summed E-state index contributed by atoms with van der Waals surface area (Å²) in [5.41, 5.74) is 0. The molecule has 1 aliphatic rings. The summed E-state index contributed by atoms with van der Waals surface area (Å²) in [7, 11) is 1.55. The molecule has 1 N–H and O–H groups in total. The minimum atomic E-state index is -0.315. The highest BCUT2D eigenvalue weighted by Crippen LogP contribution is 2.25. The molecule has 1 rings (SSSR count). The van der Waals surface area contributed by atoms with Crippen molar-refractivity contribution in [2.75, 3.05) is 13.7 Å². The molecule has 70 valence electrons. The molecule has 0 radical (unpaired) electrons. The minimum absolute atomic E-state index is 0.00407. The van der Waals surface area contributed by atoms with Crippen molar-refractivity contribution >= 4 is 5.91 Å². The first-order valence-electron chi connectivity index (χ1n) is 4.54. The van der Waals surface area contributed by atoms with Crippen LogP contribution in [0.4, 0.5) is 0 Å². The van der Waals surface area contributed by atoms with Gasteiger partial charge in [-0.1, -0.05) is 6.42 Å². The lowest BCUT2D eigenvalue weighted by Crippen LogP contribution is -2.38. The molecule has 1 unspecified atom stereocenters. The van der Waals surface area contributed by atoms with Crippen LogP contribution >= 0.6 is 0 Å². The number of methoxy groups -OCH3 is 1. The highest BCUT2D eigenvalue weighted by molar-refractivity contribution is 5.80. The molecule has 1 amide bonds. The zero-order chi connectivity index (χ0) is 8.97. The van der Waals surface area contributed by atoms with Crippen molar-refractivity contribution in [3.8, 4) is 0 Å². The molecule has 1 aliphatic carbocycles. The molecule has 0 aromatic rings. The van der Waals surface area contributed by atoms with Gasteiger partial charge in [-0.25, -0.2) is 0 Å². The third kappa shape index (κ3) is 2.48. The van der Waals surface area contributed by atoms with Gasteiger partial charge in [0.05, 0.1) is 0 Å². The Kier molecular flexibility index (Phi) is 3.53. The molecule has 1 atom stereocenters. The van der Waals surface area contributed by atoms with E-state index in [0.717, 1.165) is 12.5 Å². The molecule has 12 heavy (non-hydrogen) atoms. The quantitative estimate of drug-likeness (QED) is 0.683. The Labute approximate surface area is 73.5 Å². The average Bonchev–Trinajstić information content (AvgIpc) is 2.00. The topological polar surface area (TPSA) is 38.3 Å². The van der Waals surface area contributed by atoms with Crippen molar-refractivity contribution in [3.63, 3.8) is 0 Å². The van der Waals surface area contributed by atoms with Crippen LogP contribution in [-0.4, -0.2) is 25.7 Å². The number of carbonyl (C=O) groups is 1. The fourth-order valence-electron chi connectivity index (χ4n) is 1.19. The maximum Gasteiger partial charge on any atom is 0.248 e. The third-order valence-corrected chi connectivity index (χ3v) is 2.51. The van der Waals surface area contributed by atoms with Crippen LogP contribution in [0.15, 0.2) is 0 Å². The number of hydrogen-bond donors (Lipinski definition) is 1. The van der Waals surface area contributed by atoms with E-state index in [2.05, 4.69) is 5.32 Å². The molecule has 0 heterocycles. The molecule has 3 nitrogen and oxygen atoms in total. The highest BCUT2D eigenvalue weighted by Gasteiger charge is 2.19. The van der Waals surface area contributed by atoms with E-state index >= 15 is 0 Å². The van der Waals surface area contributed by atoms with Gasteiger partial charge in [0, 0.05) is 13.7 Å². The molecule has 0 saturated heterocycles. The van der Waals surface area contributed by atoms with Gasteiger partial charge in [0.2, 0.25) is 5.91 Å². The number of amides is 1. The lowest BCUT2D eigenvalue weighted by Gasteiger charge is -2.25. The first-order valence-corrected chi connectivity index (χ1v) is 4.54. The van der Waals surface area contributed by atoms with Crippen LogP contribution < -0.4 is 5.32 Å². The van der Waals surface area contributed by atoms with Crippen LogP contribution in [0, 0.1) is 5.92 Å². The largest absolute Gasteiger partial charge is 0.372 e. The molecule has 3 heteroatoms. The Balaban J connectivity index is 2.08. The van der Waals surface area contributed by atoms with Gasteiger partial charge >= 0.3 is 0 Å². The molecule has 0 aromatic heterocycles. The Bertz CT molecular complexity index is 155. The smallest absolute Gasteiger partial charge is 0.248 e. The molecule has 1 saturated carbocycles. The van der Waals surface area contributed by atoms with Gasteiger partial charge in [-0.2, -0.15) is 0 Å². The van der Waals surface area contributed by atoms with Gasteiger partial charge in [0.25, 0.3) is 0 Å². The maximum atomic E-state index is 11.2. The average molecular weight is 171 g/mol. The number of ether oxygens (including phenoxy) is 1. The maximum absolute atomic E-state index is 11.2. The van der Waals surface area contributed by atoms with E-state index in [9.17, 15) is 4.79 Å². The summed E-state index contributed by atoms with van der Waals surface area (Å²) in [6.07, 6.45) is 3.54. The SMILES string of the molecule is COC(C)C(=O)NCC1CCC1. The molecule has 0 bridgehead atoms. The van der Waals surface area contributed by atoms with Gasteiger partial charge in [0.15, 0.2) is 0 Å². The Morgan fingerprint density at radius 1 is 1.67 bits per heavy atom. The predicted octanol–water partition coefficient (Wildman–Crippen LogP) is 0.938. The summed E-state index contributed by atoms with van der Waals surface area (Å²) < 4.78 is 4.88. The number of hydrogen-bond acceptors (Lipinski definition) is 2. The van der Waals surface area contributed by atoms with Gasteiger partial charge in [-0.3, -0.25) is 4.79 Å². The van der Waals surface area contributed by atoms with E-state index in [1.807, 2.05) is 0 Å². The van der Waals surface area contributed by atoms with Crippen molar-refractivity contribution in [3.05, 3.63) is 0 Å². The molecule has 0 aromatic carbocycles. The second-order valence-corrected chi connectivity index (χ2v) is 3.42. The number of nitrogens with one attached hydrogen (secondary N) is 1. The van der Waals surface area contributed by atoms with Gasteiger partial charge in [-0.15, -0.1) is 0 Å². The zero-order valence-electron chi connectivity index (χ0n) is 7.80. The van der Waals surface area contributed by atoms with Crippen LogP contribution in [0.5, 0.6) is 0 Å². The van der Waals surface area contributed by atoms with Crippen LogP contribution in [0.25, 0.3) is 0 Å². The fourth-order valence-corrected chi connectivity index (χ4v) is 1.19. The Morgan fingerprint density at radius 2 is 2.33 bits per heavy atom. The van der Waals surface area contributed by atoms with E-state index < -0.39 is 0 Å². The molecular formula is C9H17NO2. The second kappa shape index (κ2) is 4.45.